The van der Waals surface area contributed by atoms with Crippen molar-refractivity contribution in [2.24, 2.45) is 0 Å². The zero-order valence-corrected chi connectivity index (χ0v) is 4.23. The first-order chi connectivity index (χ1) is 4.42. The van der Waals surface area contributed by atoms with Crippen molar-refractivity contribution in [3.63, 3.8) is 0 Å². The van der Waals surface area contributed by atoms with Crippen LogP contribution in [0.25, 0.3) is 0 Å². The predicted molar refractivity (Wildman–Crippen MR) is 17.6 cm³/mol. The van der Waals surface area contributed by atoms with E-state index in [2.05, 4.69) is 0 Å². The van der Waals surface area contributed by atoms with E-state index in [9.17, 15) is 22.2 Å². The minimum absolute atomic E-state index is 0.182. The Morgan fingerprint density at radius 1 is 1.20 bits per heavy atom. The Balaban J connectivity index is 4.27. The Bertz CT molecular complexity index is 149. The van der Waals surface area contributed by atoms with E-state index in [1.165, 1.54) is 0 Å². The number of nitriles is 1. The molecule has 10 heavy (non-hydrogen) atoms. The first-order valence-electron chi connectivity index (χ1n) is 1.78. The van der Waals surface area contributed by atoms with Gasteiger partial charge in [0.15, 0.2) is 0 Å². The van der Waals surface area contributed by atoms with Crippen molar-refractivity contribution in [3.8, 4) is 6.19 Å². The highest BCUT2D eigenvalue weighted by Crippen LogP contribution is 2.24. The van der Waals surface area contributed by atoms with Crippen LogP contribution in [0.5, 0.6) is 0 Å². The lowest BCUT2D eigenvalue weighted by atomic mass is 10.9. The standard InChI is InChI=1S/C2F5N3/c3-2(4,10(6)7)9(5)1-8. The fourth-order valence-corrected chi connectivity index (χ4v) is 0.127. The van der Waals surface area contributed by atoms with E-state index in [1.807, 2.05) is 0 Å². The monoisotopic (exact) mass is 161 g/mol. The summed E-state index contributed by atoms with van der Waals surface area (Å²) in [6, 6.07) is 0. The van der Waals surface area contributed by atoms with Crippen molar-refractivity contribution >= 4 is 0 Å². The van der Waals surface area contributed by atoms with Crippen molar-refractivity contribution in [1.29, 1.82) is 5.26 Å². The van der Waals surface area contributed by atoms with Crippen LogP contribution in [0.1, 0.15) is 0 Å². The van der Waals surface area contributed by atoms with Gasteiger partial charge in [-0.25, -0.2) is 0 Å². The van der Waals surface area contributed by atoms with Gasteiger partial charge in [0, 0.05) is 0 Å². The van der Waals surface area contributed by atoms with Gasteiger partial charge in [0.1, 0.15) is 5.34 Å². The van der Waals surface area contributed by atoms with Gasteiger partial charge in [-0.15, -0.1) is 0 Å². The maximum absolute atomic E-state index is 11.4. The Morgan fingerprint density at radius 2 is 1.60 bits per heavy atom. The molecule has 0 aromatic rings. The van der Waals surface area contributed by atoms with E-state index in [-0.39, 0.29) is 6.19 Å². The molecule has 0 aromatic carbocycles. The molecule has 58 valence electrons. The van der Waals surface area contributed by atoms with Gasteiger partial charge >= 0.3 is 6.17 Å². The zero-order valence-electron chi connectivity index (χ0n) is 4.23. The Hall–Kier alpha value is -1.10. The quantitative estimate of drug-likeness (QED) is 0.152. The third kappa shape index (κ3) is 1.44. The lowest BCUT2D eigenvalue weighted by Crippen LogP contribution is -2.41. The molecule has 3 nitrogen and oxygen atoms in total. The molecule has 0 aliphatic carbocycles. The number of nitrogens with zero attached hydrogens (tertiary/aromatic N) is 3. The van der Waals surface area contributed by atoms with Crippen LogP contribution in [0.15, 0.2) is 0 Å². The van der Waals surface area contributed by atoms with E-state index in [1.54, 1.807) is 0 Å². The SMILES string of the molecule is N#CN(F)C(F)(F)N(F)F. The van der Waals surface area contributed by atoms with Gasteiger partial charge in [-0.05, 0) is 0 Å². The second-order valence-corrected chi connectivity index (χ2v) is 1.12. The molecule has 0 atom stereocenters. The van der Waals surface area contributed by atoms with E-state index < -0.39 is 16.6 Å². The highest BCUT2D eigenvalue weighted by Gasteiger charge is 2.48. The highest BCUT2D eigenvalue weighted by atomic mass is 19.4. The van der Waals surface area contributed by atoms with Gasteiger partial charge in [-0.2, -0.15) is 14.0 Å². The summed E-state index contributed by atoms with van der Waals surface area (Å²) in [6.07, 6.45) is -5.00. The molecule has 0 fully saturated rings. The van der Waals surface area contributed by atoms with Crippen LogP contribution in [-0.2, 0) is 0 Å². The van der Waals surface area contributed by atoms with E-state index in [0.29, 0.717) is 0 Å². The fraction of sp³-hybridized carbons (Fsp3) is 0.500. The maximum Gasteiger partial charge on any atom is 0.481 e. The van der Waals surface area contributed by atoms with Gasteiger partial charge in [0.25, 0.3) is 0 Å². The summed E-state index contributed by atoms with van der Waals surface area (Å²) in [6.45, 7) is 0. The average molecular weight is 161 g/mol. The van der Waals surface area contributed by atoms with Crippen molar-refractivity contribution in [3.05, 3.63) is 0 Å². The van der Waals surface area contributed by atoms with E-state index in [4.69, 9.17) is 5.26 Å². The smallest absolute Gasteiger partial charge is 0.170 e. The first kappa shape index (κ1) is 8.90. The van der Waals surface area contributed by atoms with Crippen molar-refractivity contribution in [2.75, 3.05) is 0 Å². The van der Waals surface area contributed by atoms with Gasteiger partial charge < -0.3 is 0 Å². The fourth-order valence-electron chi connectivity index (χ4n) is 0.127. The van der Waals surface area contributed by atoms with E-state index in [0.717, 1.165) is 0 Å². The molecule has 0 saturated carbocycles. The second-order valence-electron chi connectivity index (χ2n) is 1.12. The van der Waals surface area contributed by atoms with Gasteiger partial charge in [-0.3, -0.25) is 0 Å². The highest BCUT2D eigenvalue weighted by molar-refractivity contribution is 4.68. The number of hydrogen-bond donors (Lipinski definition) is 0. The largest absolute Gasteiger partial charge is 0.481 e. The summed E-state index contributed by atoms with van der Waals surface area (Å²) in [5.74, 6) is 0. The molecule has 0 aromatic heterocycles. The number of rotatable bonds is 2. The molecule has 0 radical (unpaired) electrons. The summed E-state index contributed by atoms with van der Waals surface area (Å²) in [5.41, 5.74) is 0. The van der Waals surface area contributed by atoms with Crippen molar-refractivity contribution < 1.29 is 22.2 Å². The summed E-state index contributed by atoms with van der Waals surface area (Å²) in [7, 11) is 0. The summed E-state index contributed by atoms with van der Waals surface area (Å²) in [4.78, 5) is 0. The molecular weight excluding hydrogens is 161 g/mol. The molecule has 8 heteroatoms. The summed E-state index contributed by atoms with van der Waals surface area (Å²) < 4.78 is 56.1. The van der Waals surface area contributed by atoms with Crippen LogP contribution in [0.4, 0.5) is 22.2 Å². The normalized spacial score (nSPS) is 11.3. The summed E-state index contributed by atoms with van der Waals surface area (Å²) >= 11 is 0. The van der Waals surface area contributed by atoms with Crippen molar-refractivity contribution in [2.45, 2.75) is 6.17 Å². The van der Waals surface area contributed by atoms with Gasteiger partial charge in [-0.1, -0.05) is 18.6 Å². The van der Waals surface area contributed by atoms with Crippen LogP contribution in [0, 0.1) is 11.5 Å². The molecular formula is C2F5N3. The number of hydrogen-bond acceptors (Lipinski definition) is 3. The van der Waals surface area contributed by atoms with Gasteiger partial charge in [0.2, 0.25) is 6.19 Å². The Morgan fingerprint density at radius 3 is 1.70 bits per heavy atom. The molecule has 0 N–H and O–H groups in total. The first-order valence-corrected chi connectivity index (χ1v) is 1.78. The lowest BCUT2D eigenvalue weighted by molar-refractivity contribution is -0.407. The summed E-state index contributed by atoms with van der Waals surface area (Å²) in [5, 5.41) is 2.70. The number of halogens is 5. The van der Waals surface area contributed by atoms with E-state index >= 15 is 0 Å². The Kier molecular flexibility index (Phi) is 2.36. The van der Waals surface area contributed by atoms with Crippen LogP contribution >= 0.6 is 0 Å². The molecule has 0 unspecified atom stereocenters. The third-order valence-corrected chi connectivity index (χ3v) is 0.527. The second kappa shape index (κ2) is 2.66. The van der Waals surface area contributed by atoms with Crippen LogP contribution in [-0.4, -0.2) is 16.6 Å². The molecule has 0 saturated heterocycles. The molecule has 0 amide bonds. The molecule has 0 spiro atoms. The average Bonchev–Trinajstić information content (AvgIpc) is 1.86. The minimum atomic E-state index is -5.19. The van der Waals surface area contributed by atoms with Crippen LogP contribution in [0.3, 0.4) is 0 Å². The number of alkyl halides is 2. The lowest BCUT2D eigenvalue weighted by Gasteiger charge is -2.15. The van der Waals surface area contributed by atoms with Crippen LogP contribution < -0.4 is 0 Å². The van der Waals surface area contributed by atoms with Gasteiger partial charge in [0.05, 0.1) is 0 Å². The topological polar surface area (TPSA) is 30.3 Å². The molecule has 0 aliphatic rings. The molecule has 0 aliphatic heterocycles. The minimum Gasteiger partial charge on any atom is -0.170 e. The molecule has 0 bridgehead atoms. The predicted octanol–water partition coefficient (Wildman–Crippen LogP) is 1.28. The third-order valence-electron chi connectivity index (χ3n) is 0.527. The maximum atomic E-state index is 11.4. The van der Waals surface area contributed by atoms with Crippen molar-refractivity contribution in [1.82, 2.24) is 10.5 Å². The zero-order chi connectivity index (χ0) is 8.36. The van der Waals surface area contributed by atoms with Crippen LogP contribution in [0.2, 0.25) is 0 Å². The molecule has 0 heterocycles. The molecule has 0 rings (SSSR count). The Labute approximate surface area is 51.6 Å².